The van der Waals surface area contributed by atoms with E-state index in [0.29, 0.717) is 23.5 Å². The molecule has 0 radical (unpaired) electrons. The molecule has 0 saturated heterocycles. The van der Waals surface area contributed by atoms with E-state index in [0.717, 1.165) is 28.3 Å². The highest BCUT2D eigenvalue weighted by Crippen LogP contribution is 2.32. The van der Waals surface area contributed by atoms with Crippen molar-refractivity contribution in [1.82, 2.24) is 4.98 Å². The van der Waals surface area contributed by atoms with Crippen molar-refractivity contribution in [3.05, 3.63) is 108 Å². The fourth-order valence-electron chi connectivity index (χ4n) is 3.87. The molecule has 0 spiro atoms. The van der Waals surface area contributed by atoms with Crippen LogP contribution in [0.15, 0.2) is 85.1 Å². The molecule has 0 unspecified atom stereocenters. The van der Waals surface area contributed by atoms with Crippen LogP contribution in [-0.4, -0.2) is 10.9 Å². The molecule has 5 rings (SSSR count). The molecule has 2 N–H and O–H groups in total. The van der Waals surface area contributed by atoms with E-state index in [1.807, 2.05) is 61.5 Å². The van der Waals surface area contributed by atoms with Gasteiger partial charge in [-0.25, -0.2) is 4.39 Å². The van der Waals surface area contributed by atoms with Gasteiger partial charge < -0.3 is 15.5 Å². The zero-order chi connectivity index (χ0) is 22.1. The Morgan fingerprint density at radius 1 is 0.875 bits per heavy atom. The maximum atomic E-state index is 14.0. The minimum absolute atomic E-state index is 0.0469. The van der Waals surface area contributed by atoms with Crippen LogP contribution in [-0.2, 0) is 6.54 Å². The third-order valence-electron chi connectivity index (χ3n) is 5.41. The zero-order valence-corrected chi connectivity index (χ0v) is 17.5. The number of aryl methyl sites for hydroxylation is 1. The molecule has 1 aliphatic heterocycles. The first-order chi connectivity index (χ1) is 15.6. The van der Waals surface area contributed by atoms with Crippen LogP contribution in [0.2, 0.25) is 0 Å². The number of aromatic nitrogens is 1. The van der Waals surface area contributed by atoms with Crippen molar-refractivity contribution in [3.8, 4) is 0 Å². The summed E-state index contributed by atoms with van der Waals surface area (Å²) in [6.07, 6.45) is 1.76. The number of benzene rings is 3. The Bertz CT molecular complexity index is 1320. The summed E-state index contributed by atoms with van der Waals surface area (Å²) >= 11 is 0. The number of nitrogens with one attached hydrogen (secondary N) is 2. The largest absolute Gasteiger partial charge is 0.355 e. The van der Waals surface area contributed by atoms with Gasteiger partial charge in [0.15, 0.2) is 0 Å². The van der Waals surface area contributed by atoms with Crippen LogP contribution in [0.4, 0.5) is 32.8 Å². The van der Waals surface area contributed by atoms with E-state index < -0.39 is 0 Å². The van der Waals surface area contributed by atoms with Gasteiger partial charge in [-0.15, -0.1) is 0 Å². The monoisotopic (exact) mass is 424 g/mol. The highest BCUT2D eigenvalue weighted by molar-refractivity contribution is 6.10. The molecule has 32 heavy (non-hydrogen) atoms. The lowest BCUT2D eigenvalue weighted by atomic mass is 10.1. The normalized spacial score (nSPS) is 12.6. The van der Waals surface area contributed by atoms with Gasteiger partial charge in [-0.3, -0.25) is 9.78 Å². The van der Waals surface area contributed by atoms with Crippen LogP contribution in [0, 0.1) is 12.7 Å². The Kier molecular flexibility index (Phi) is 5.03. The van der Waals surface area contributed by atoms with Crippen LogP contribution in [0.1, 0.15) is 21.6 Å². The molecule has 4 aromatic rings. The molecule has 0 bridgehead atoms. The minimum Gasteiger partial charge on any atom is -0.355 e. The molecule has 1 aromatic heterocycles. The van der Waals surface area contributed by atoms with Crippen molar-refractivity contribution in [3.63, 3.8) is 0 Å². The summed E-state index contributed by atoms with van der Waals surface area (Å²) in [5.74, 6) is -0.374. The first kappa shape index (κ1) is 19.8. The molecule has 0 fully saturated rings. The van der Waals surface area contributed by atoms with Crippen molar-refractivity contribution < 1.29 is 9.18 Å². The third-order valence-corrected chi connectivity index (χ3v) is 5.41. The first-order valence-corrected chi connectivity index (χ1v) is 10.3. The van der Waals surface area contributed by atoms with Crippen LogP contribution in [0.25, 0.3) is 0 Å². The van der Waals surface area contributed by atoms with Gasteiger partial charge in [0, 0.05) is 40.2 Å². The predicted molar refractivity (Wildman–Crippen MR) is 125 cm³/mol. The molecule has 3 aromatic carbocycles. The van der Waals surface area contributed by atoms with E-state index in [1.165, 1.54) is 6.07 Å². The fourth-order valence-corrected chi connectivity index (χ4v) is 3.87. The van der Waals surface area contributed by atoms with Crippen LogP contribution < -0.4 is 15.5 Å². The van der Waals surface area contributed by atoms with E-state index >= 15 is 0 Å². The van der Waals surface area contributed by atoms with Gasteiger partial charge in [0.2, 0.25) is 0 Å². The summed E-state index contributed by atoms with van der Waals surface area (Å²) in [6, 6.07) is 23.6. The number of para-hydroxylation sites is 1. The zero-order valence-electron chi connectivity index (χ0n) is 17.5. The summed E-state index contributed by atoms with van der Waals surface area (Å²) in [6.45, 7) is 2.42. The second-order valence-corrected chi connectivity index (χ2v) is 7.73. The molecule has 2 heterocycles. The predicted octanol–water partition coefficient (Wildman–Crippen LogP) is 6.18. The van der Waals surface area contributed by atoms with Crippen molar-refractivity contribution in [1.29, 1.82) is 0 Å². The topological polar surface area (TPSA) is 57.3 Å². The van der Waals surface area contributed by atoms with Crippen molar-refractivity contribution in [2.75, 3.05) is 15.5 Å². The van der Waals surface area contributed by atoms with Crippen LogP contribution in [0.3, 0.4) is 0 Å². The molecule has 1 aliphatic rings. The number of carbonyl (C=O) groups excluding carboxylic acids is 1. The number of anilines is 5. The molecule has 1 amide bonds. The Morgan fingerprint density at radius 2 is 1.69 bits per heavy atom. The standard InChI is InChI=1S/C26H21FN4O/c1-17-13-21(11-12-28-17)29-20-9-10-23-18(14-20)16-31(26(23)32)22-6-4-5-19(15-22)30-25-8-3-2-7-24(25)27/h2-15,30H,16H2,1H3,(H,28,29). The average Bonchev–Trinajstić information content (AvgIpc) is 3.11. The van der Waals surface area contributed by atoms with Crippen molar-refractivity contribution >= 4 is 34.3 Å². The summed E-state index contributed by atoms with van der Waals surface area (Å²) < 4.78 is 14.0. The van der Waals surface area contributed by atoms with Gasteiger partial charge >= 0.3 is 0 Å². The second-order valence-electron chi connectivity index (χ2n) is 7.73. The van der Waals surface area contributed by atoms with E-state index in [-0.39, 0.29) is 11.7 Å². The van der Waals surface area contributed by atoms with Crippen LogP contribution in [0.5, 0.6) is 0 Å². The Labute approximate surface area is 185 Å². The third kappa shape index (κ3) is 3.90. The van der Waals surface area contributed by atoms with E-state index in [1.54, 1.807) is 29.3 Å². The lowest BCUT2D eigenvalue weighted by Gasteiger charge is -2.17. The number of hydrogen-bond donors (Lipinski definition) is 2. The Morgan fingerprint density at radius 3 is 2.53 bits per heavy atom. The molecule has 6 heteroatoms. The minimum atomic E-state index is -0.327. The van der Waals surface area contributed by atoms with E-state index in [9.17, 15) is 9.18 Å². The van der Waals surface area contributed by atoms with Crippen LogP contribution >= 0.6 is 0 Å². The van der Waals surface area contributed by atoms with Crippen molar-refractivity contribution in [2.45, 2.75) is 13.5 Å². The summed E-state index contributed by atoms with van der Waals surface area (Å²) in [7, 11) is 0. The van der Waals surface area contributed by atoms with Crippen molar-refractivity contribution in [2.24, 2.45) is 0 Å². The highest BCUT2D eigenvalue weighted by Gasteiger charge is 2.28. The van der Waals surface area contributed by atoms with Gasteiger partial charge in [-0.1, -0.05) is 18.2 Å². The van der Waals surface area contributed by atoms with Gasteiger partial charge in [0.1, 0.15) is 5.82 Å². The number of nitrogens with zero attached hydrogens (tertiary/aromatic N) is 2. The Hall–Kier alpha value is -4.19. The smallest absolute Gasteiger partial charge is 0.258 e. The summed E-state index contributed by atoms with van der Waals surface area (Å²) in [5.41, 5.74) is 6.31. The number of rotatable bonds is 5. The van der Waals surface area contributed by atoms with Gasteiger partial charge in [0.25, 0.3) is 5.91 Å². The maximum absolute atomic E-state index is 14.0. The highest BCUT2D eigenvalue weighted by atomic mass is 19.1. The molecular weight excluding hydrogens is 403 g/mol. The SMILES string of the molecule is Cc1cc(Nc2ccc3c(c2)CN(c2cccc(Nc4ccccc4F)c2)C3=O)ccn1. The molecule has 0 saturated carbocycles. The fraction of sp³-hybridized carbons (Fsp3) is 0.0769. The van der Waals surface area contributed by atoms with Gasteiger partial charge in [0.05, 0.1) is 12.2 Å². The maximum Gasteiger partial charge on any atom is 0.258 e. The molecule has 0 aliphatic carbocycles. The average molecular weight is 424 g/mol. The number of fused-ring (bicyclic) bond motifs is 1. The quantitative estimate of drug-likeness (QED) is 0.402. The lowest BCUT2D eigenvalue weighted by Crippen LogP contribution is -2.22. The number of pyridine rings is 1. The second kappa shape index (κ2) is 8.15. The first-order valence-electron chi connectivity index (χ1n) is 10.3. The number of hydrogen-bond acceptors (Lipinski definition) is 4. The molecule has 5 nitrogen and oxygen atoms in total. The summed E-state index contributed by atoms with van der Waals surface area (Å²) in [5, 5.41) is 6.46. The molecule has 0 atom stereocenters. The summed E-state index contributed by atoms with van der Waals surface area (Å²) in [4.78, 5) is 19.0. The van der Waals surface area contributed by atoms with E-state index in [2.05, 4.69) is 15.6 Å². The van der Waals surface area contributed by atoms with Gasteiger partial charge in [-0.2, -0.15) is 0 Å². The number of halogens is 1. The number of amides is 1. The number of carbonyl (C=O) groups is 1. The molecule has 158 valence electrons. The van der Waals surface area contributed by atoms with Gasteiger partial charge in [-0.05, 0) is 73.2 Å². The Balaban J connectivity index is 1.37. The van der Waals surface area contributed by atoms with E-state index in [4.69, 9.17) is 0 Å². The lowest BCUT2D eigenvalue weighted by molar-refractivity contribution is 0.0996. The molecular formula is C26H21FN4O.